The molecule has 0 saturated heterocycles. The van der Waals surface area contributed by atoms with Crippen molar-refractivity contribution >= 4 is 29.0 Å². The van der Waals surface area contributed by atoms with Gasteiger partial charge in [-0.25, -0.2) is 0 Å². The molecular formula is C19H18Cl2O3. The van der Waals surface area contributed by atoms with Gasteiger partial charge in [-0.05, 0) is 48.7 Å². The summed E-state index contributed by atoms with van der Waals surface area (Å²) in [6, 6.07) is 10.7. The van der Waals surface area contributed by atoms with E-state index >= 15 is 0 Å². The van der Waals surface area contributed by atoms with Crippen LogP contribution in [0.15, 0.2) is 36.4 Å². The maximum Gasteiger partial charge on any atom is 0.181 e. The third-order valence-corrected chi connectivity index (χ3v) is 5.27. The normalized spacial score (nSPS) is 23.0. The van der Waals surface area contributed by atoms with Crippen LogP contribution < -0.4 is 4.74 Å². The first-order valence-corrected chi connectivity index (χ1v) is 8.52. The lowest BCUT2D eigenvalue weighted by Gasteiger charge is -2.42. The first-order chi connectivity index (χ1) is 11.4. The second-order valence-electron chi connectivity index (χ2n) is 6.13. The summed E-state index contributed by atoms with van der Waals surface area (Å²) >= 11 is 12.0. The molecule has 2 aromatic carbocycles. The molecule has 1 aliphatic carbocycles. The van der Waals surface area contributed by atoms with Crippen molar-refractivity contribution in [2.24, 2.45) is 5.92 Å². The average molecular weight is 365 g/mol. The fourth-order valence-corrected chi connectivity index (χ4v) is 3.66. The number of aliphatic hydroxyl groups is 1. The van der Waals surface area contributed by atoms with E-state index in [4.69, 9.17) is 27.9 Å². The molecule has 0 amide bonds. The molecule has 0 spiro atoms. The summed E-state index contributed by atoms with van der Waals surface area (Å²) in [5, 5.41) is 10.6. The van der Waals surface area contributed by atoms with Crippen LogP contribution in [0, 0.1) is 19.8 Å². The Balaban J connectivity index is 1.85. The molecule has 1 fully saturated rings. The van der Waals surface area contributed by atoms with Gasteiger partial charge < -0.3 is 9.84 Å². The number of carbonyl (C=O) groups is 1. The number of hydrogen-bond donors (Lipinski definition) is 1. The number of aryl methyl sites for hydroxylation is 1. The van der Waals surface area contributed by atoms with Gasteiger partial charge in [0, 0.05) is 10.9 Å². The standard InChI is InChI=1S/C19H18Cl2O3/c1-10-4-3-5-13(11(10)2)17-14(9-22)19(18(17)23)24-16-7-6-12(20)8-15(16)21/h3-8,14,17,19,22H,9H2,1-2H3. The van der Waals surface area contributed by atoms with Gasteiger partial charge in [0.25, 0.3) is 0 Å². The van der Waals surface area contributed by atoms with Crippen LogP contribution >= 0.6 is 23.2 Å². The zero-order valence-corrected chi connectivity index (χ0v) is 14.9. The molecule has 126 valence electrons. The number of rotatable bonds is 4. The molecule has 0 bridgehead atoms. The maximum atomic E-state index is 12.7. The summed E-state index contributed by atoms with van der Waals surface area (Å²) in [5.41, 5.74) is 3.17. The molecule has 0 heterocycles. The lowest BCUT2D eigenvalue weighted by atomic mass is 9.65. The summed E-state index contributed by atoms with van der Waals surface area (Å²) in [6.45, 7) is 3.88. The monoisotopic (exact) mass is 364 g/mol. The van der Waals surface area contributed by atoms with Crippen LogP contribution in [0.5, 0.6) is 5.75 Å². The zero-order valence-electron chi connectivity index (χ0n) is 13.4. The number of benzene rings is 2. The number of halogens is 2. The summed E-state index contributed by atoms with van der Waals surface area (Å²) in [7, 11) is 0. The number of ether oxygens (including phenoxy) is 1. The van der Waals surface area contributed by atoms with E-state index in [0.29, 0.717) is 15.8 Å². The molecule has 1 aliphatic rings. The first kappa shape index (κ1) is 17.3. The van der Waals surface area contributed by atoms with Gasteiger partial charge in [0.05, 0.1) is 17.5 Å². The number of hydrogen-bond acceptors (Lipinski definition) is 3. The van der Waals surface area contributed by atoms with Crippen molar-refractivity contribution < 1.29 is 14.6 Å². The van der Waals surface area contributed by atoms with Crippen molar-refractivity contribution in [1.82, 2.24) is 0 Å². The first-order valence-electron chi connectivity index (χ1n) is 7.76. The van der Waals surface area contributed by atoms with Crippen molar-refractivity contribution in [2.75, 3.05) is 6.61 Å². The smallest absolute Gasteiger partial charge is 0.181 e. The van der Waals surface area contributed by atoms with E-state index in [9.17, 15) is 9.90 Å². The van der Waals surface area contributed by atoms with E-state index in [1.165, 1.54) is 0 Å². The second-order valence-corrected chi connectivity index (χ2v) is 6.97. The van der Waals surface area contributed by atoms with Crippen LogP contribution in [-0.2, 0) is 4.79 Å². The van der Waals surface area contributed by atoms with Crippen LogP contribution in [0.3, 0.4) is 0 Å². The average Bonchev–Trinajstić information content (AvgIpc) is 2.55. The Kier molecular flexibility index (Phi) is 4.86. The van der Waals surface area contributed by atoms with Crippen LogP contribution in [0.25, 0.3) is 0 Å². The topological polar surface area (TPSA) is 46.5 Å². The Bertz CT molecular complexity index is 788. The van der Waals surface area contributed by atoms with Gasteiger partial charge >= 0.3 is 0 Å². The quantitative estimate of drug-likeness (QED) is 0.877. The SMILES string of the molecule is Cc1cccc(C2C(=O)C(Oc3ccc(Cl)cc3Cl)C2CO)c1C. The molecule has 0 aromatic heterocycles. The van der Waals surface area contributed by atoms with E-state index in [2.05, 4.69) is 0 Å². The molecule has 0 radical (unpaired) electrons. The van der Waals surface area contributed by atoms with E-state index in [-0.39, 0.29) is 24.2 Å². The molecule has 1 N–H and O–H groups in total. The molecular weight excluding hydrogens is 347 g/mol. The molecule has 3 unspecified atom stereocenters. The molecule has 5 heteroatoms. The summed E-state index contributed by atoms with van der Waals surface area (Å²) < 4.78 is 5.77. The van der Waals surface area contributed by atoms with Crippen molar-refractivity contribution in [2.45, 2.75) is 25.9 Å². The van der Waals surface area contributed by atoms with Gasteiger partial charge in [0.1, 0.15) is 5.75 Å². The van der Waals surface area contributed by atoms with Gasteiger partial charge in [-0.1, -0.05) is 41.4 Å². The molecule has 1 saturated carbocycles. The highest BCUT2D eigenvalue weighted by Gasteiger charge is 2.52. The van der Waals surface area contributed by atoms with Crippen molar-refractivity contribution in [3.8, 4) is 5.75 Å². The Labute approximate surface area is 151 Å². The molecule has 24 heavy (non-hydrogen) atoms. The number of carbonyl (C=O) groups excluding carboxylic acids is 1. The van der Waals surface area contributed by atoms with Crippen LogP contribution in [0.1, 0.15) is 22.6 Å². The Morgan fingerprint density at radius 1 is 1.17 bits per heavy atom. The summed E-state index contributed by atoms with van der Waals surface area (Å²) in [4.78, 5) is 12.7. The van der Waals surface area contributed by atoms with Crippen LogP contribution in [0.2, 0.25) is 10.0 Å². The predicted octanol–water partition coefficient (Wildman–Crippen LogP) is 4.33. The minimum absolute atomic E-state index is 0.0335. The summed E-state index contributed by atoms with van der Waals surface area (Å²) in [5.74, 6) is -0.262. The molecule has 2 aromatic rings. The third-order valence-electron chi connectivity index (χ3n) is 4.74. The number of aliphatic hydroxyl groups excluding tert-OH is 1. The highest BCUT2D eigenvalue weighted by molar-refractivity contribution is 6.35. The highest BCUT2D eigenvalue weighted by atomic mass is 35.5. The zero-order chi connectivity index (χ0) is 17.4. The number of Topliss-reactive ketones (excluding diaryl/α,β-unsaturated/α-hetero) is 1. The van der Waals surface area contributed by atoms with Crippen molar-refractivity contribution in [3.05, 3.63) is 63.1 Å². The fourth-order valence-electron chi connectivity index (χ4n) is 3.20. The molecule has 0 aliphatic heterocycles. The number of ketones is 1. The molecule has 3 nitrogen and oxygen atoms in total. The maximum absolute atomic E-state index is 12.7. The molecule has 3 atom stereocenters. The van der Waals surface area contributed by atoms with Crippen LogP contribution in [0.4, 0.5) is 0 Å². The highest BCUT2D eigenvalue weighted by Crippen LogP contribution is 2.44. The van der Waals surface area contributed by atoms with E-state index in [1.54, 1.807) is 18.2 Å². The molecule has 3 rings (SSSR count). The van der Waals surface area contributed by atoms with Gasteiger partial charge in [-0.15, -0.1) is 0 Å². The van der Waals surface area contributed by atoms with Gasteiger partial charge in [0.15, 0.2) is 11.9 Å². The fraction of sp³-hybridized carbons (Fsp3) is 0.316. The van der Waals surface area contributed by atoms with Crippen molar-refractivity contribution in [1.29, 1.82) is 0 Å². The van der Waals surface area contributed by atoms with Gasteiger partial charge in [0.2, 0.25) is 0 Å². The van der Waals surface area contributed by atoms with E-state index in [0.717, 1.165) is 16.7 Å². The van der Waals surface area contributed by atoms with E-state index < -0.39 is 6.10 Å². The summed E-state index contributed by atoms with van der Waals surface area (Å²) in [6.07, 6.45) is -0.696. The predicted molar refractivity (Wildman–Crippen MR) is 95.1 cm³/mol. The minimum Gasteiger partial charge on any atom is -0.481 e. The Morgan fingerprint density at radius 3 is 2.58 bits per heavy atom. The lowest BCUT2D eigenvalue weighted by molar-refractivity contribution is -0.145. The van der Waals surface area contributed by atoms with Gasteiger partial charge in [-0.3, -0.25) is 4.79 Å². The van der Waals surface area contributed by atoms with Crippen LogP contribution in [-0.4, -0.2) is 23.6 Å². The van der Waals surface area contributed by atoms with Gasteiger partial charge in [-0.2, -0.15) is 0 Å². The lowest BCUT2D eigenvalue weighted by Crippen LogP contribution is -2.55. The third kappa shape index (κ3) is 2.92. The Hall–Kier alpha value is -1.55. The largest absolute Gasteiger partial charge is 0.481 e. The van der Waals surface area contributed by atoms with Crippen molar-refractivity contribution in [3.63, 3.8) is 0 Å². The Morgan fingerprint density at radius 2 is 1.92 bits per heavy atom. The second kappa shape index (κ2) is 6.75. The van der Waals surface area contributed by atoms with E-state index in [1.807, 2.05) is 32.0 Å². The minimum atomic E-state index is -0.696.